The van der Waals surface area contributed by atoms with E-state index >= 15 is 0 Å². The molecule has 0 aliphatic heterocycles. The van der Waals surface area contributed by atoms with Gasteiger partial charge in [0.15, 0.2) is 0 Å². The minimum absolute atomic E-state index is 0.130. The van der Waals surface area contributed by atoms with Crippen molar-refractivity contribution in [2.24, 2.45) is 11.8 Å². The summed E-state index contributed by atoms with van der Waals surface area (Å²) < 4.78 is 0. The van der Waals surface area contributed by atoms with Crippen molar-refractivity contribution >= 4 is 23.6 Å². The Hall–Kier alpha value is -2.90. The number of nitrogens with one attached hydrogen (secondary N) is 4. The molecular weight excluding hydrogens is 624 g/mol. The predicted octanol–water partition coefficient (Wildman–Crippen LogP) is 9.76. The molecule has 0 radical (unpaired) electrons. The maximum atomic E-state index is 13.8. The van der Waals surface area contributed by atoms with Crippen LogP contribution in [0.25, 0.3) is 0 Å². The lowest BCUT2D eigenvalue weighted by Gasteiger charge is -2.19. The molecule has 286 valence electrons. The molecule has 0 bridgehead atoms. The van der Waals surface area contributed by atoms with Crippen molar-refractivity contribution < 1.29 is 19.2 Å². The Kier molecular flexibility index (Phi) is 26.0. The highest BCUT2D eigenvalue weighted by molar-refractivity contribution is 6.14. The van der Waals surface area contributed by atoms with Gasteiger partial charge in [-0.25, -0.2) is 0 Å². The largest absolute Gasteiger partial charge is 0.352 e. The zero-order valence-electron chi connectivity index (χ0n) is 32.9. The molecule has 0 spiro atoms. The number of unbranched alkanes of at least 4 members (excludes halogenated alkanes) is 12. The molecule has 50 heavy (non-hydrogen) atoms. The van der Waals surface area contributed by atoms with Crippen molar-refractivity contribution in [3.63, 3.8) is 0 Å². The third kappa shape index (κ3) is 18.4. The number of hydrogen-bond acceptors (Lipinski definition) is 4. The van der Waals surface area contributed by atoms with Crippen LogP contribution in [0.2, 0.25) is 0 Å². The van der Waals surface area contributed by atoms with Gasteiger partial charge in [-0.2, -0.15) is 0 Å². The maximum absolute atomic E-state index is 13.8. The van der Waals surface area contributed by atoms with Crippen molar-refractivity contribution in [1.82, 2.24) is 21.3 Å². The smallest absolute Gasteiger partial charge is 0.252 e. The van der Waals surface area contributed by atoms with Gasteiger partial charge in [-0.15, -0.1) is 0 Å². The standard InChI is InChI=1S/C42H74N4O4/c1-7-13-17-19-21-23-27-43-39(47)35-29-36(40(48)44-28-24-22-20-18-14-8-2)38(42(50)46-32-34(12-6)26-16-10-4)30-37(35)41(49)45-31-33(11-5)25-15-9-3/h29-30,33-34H,7-28,31-32H2,1-6H3,(H,43,47)(H,44,48)(H,45,49)(H,46,50). The fourth-order valence-electron chi connectivity index (χ4n) is 6.31. The molecule has 0 aromatic heterocycles. The highest BCUT2D eigenvalue weighted by Crippen LogP contribution is 2.21. The van der Waals surface area contributed by atoms with Gasteiger partial charge in [-0.05, 0) is 49.7 Å². The third-order valence-corrected chi connectivity index (χ3v) is 9.96. The van der Waals surface area contributed by atoms with E-state index in [1.54, 1.807) is 0 Å². The van der Waals surface area contributed by atoms with Gasteiger partial charge in [0.05, 0.1) is 22.3 Å². The minimum atomic E-state index is -0.399. The Balaban J connectivity index is 3.42. The summed E-state index contributed by atoms with van der Waals surface area (Å²) in [7, 11) is 0. The van der Waals surface area contributed by atoms with Gasteiger partial charge in [-0.1, -0.05) is 144 Å². The number of amides is 4. The molecule has 0 aliphatic carbocycles. The average molecular weight is 699 g/mol. The van der Waals surface area contributed by atoms with Gasteiger partial charge >= 0.3 is 0 Å². The predicted molar refractivity (Wildman–Crippen MR) is 209 cm³/mol. The summed E-state index contributed by atoms with van der Waals surface area (Å²) >= 11 is 0. The van der Waals surface area contributed by atoms with Crippen LogP contribution in [0.1, 0.15) is 211 Å². The van der Waals surface area contributed by atoms with Crippen molar-refractivity contribution in [3.8, 4) is 0 Å². The molecule has 2 atom stereocenters. The van der Waals surface area contributed by atoms with Crippen molar-refractivity contribution in [3.05, 3.63) is 34.4 Å². The summed E-state index contributed by atoms with van der Waals surface area (Å²) in [5, 5.41) is 12.1. The van der Waals surface area contributed by atoms with Gasteiger partial charge in [0, 0.05) is 26.2 Å². The Morgan fingerprint density at radius 1 is 0.420 bits per heavy atom. The normalized spacial score (nSPS) is 12.3. The summed E-state index contributed by atoms with van der Waals surface area (Å²) in [5.74, 6) is -0.937. The van der Waals surface area contributed by atoms with Crippen LogP contribution in [0, 0.1) is 11.8 Å². The van der Waals surface area contributed by atoms with E-state index in [1.165, 1.54) is 50.7 Å². The van der Waals surface area contributed by atoms with Crippen LogP contribution >= 0.6 is 0 Å². The van der Waals surface area contributed by atoms with E-state index in [-0.39, 0.29) is 22.3 Å². The van der Waals surface area contributed by atoms with Gasteiger partial charge in [0.2, 0.25) is 0 Å². The molecule has 4 amide bonds. The molecule has 1 rings (SSSR count). The molecule has 0 fully saturated rings. The average Bonchev–Trinajstić information content (AvgIpc) is 3.13. The fraction of sp³-hybridized carbons (Fsp3) is 0.762. The SMILES string of the molecule is CCCCCCCCNC(=O)c1cc(C(=O)NCCCCCCCC)c(C(=O)NCC(CC)CCCC)cc1C(=O)NCC(CC)CCCC. The third-order valence-electron chi connectivity index (χ3n) is 9.96. The van der Waals surface area contributed by atoms with Gasteiger partial charge in [0.25, 0.3) is 23.6 Å². The van der Waals surface area contributed by atoms with E-state index < -0.39 is 23.6 Å². The first-order valence-corrected chi connectivity index (χ1v) is 20.6. The molecule has 1 aromatic rings. The van der Waals surface area contributed by atoms with Crippen LogP contribution < -0.4 is 21.3 Å². The van der Waals surface area contributed by atoms with Crippen LogP contribution in [-0.4, -0.2) is 49.8 Å². The van der Waals surface area contributed by atoms with Crippen molar-refractivity contribution in [2.75, 3.05) is 26.2 Å². The Labute approximate surface area is 305 Å². The van der Waals surface area contributed by atoms with Gasteiger partial charge in [-0.3, -0.25) is 19.2 Å². The van der Waals surface area contributed by atoms with Crippen LogP contribution in [0.5, 0.6) is 0 Å². The first kappa shape index (κ1) is 45.1. The van der Waals surface area contributed by atoms with Crippen LogP contribution in [0.3, 0.4) is 0 Å². The Bertz CT molecular complexity index is 1020. The minimum Gasteiger partial charge on any atom is -0.352 e. The number of benzene rings is 1. The zero-order valence-corrected chi connectivity index (χ0v) is 32.9. The molecule has 4 N–H and O–H groups in total. The lowest BCUT2D eigenvalue weighted by atomic mass is 9.94. The van der Waals surface area contributed by atoms with E-state index in [9.17, 15) is 19.2 Å². The van der Waals surface area contributed by atoms with Gasteiger partial charge in [0.1, 0.15) is 0 Å². The summed E-state index contributed by atoms with van der Waals surface area (Å²) in [5.41, 5.74) is 0.523. The summed E-state index contributed by atoms with van der Waals surface area (Å²) in [6.07, 6.45) is 21.4. The summed E-state index contributed by atoms with van der Waals surface area (Å²) in [4.78, 5) is 55.1. The number of carbonyl (C=O) groups excluding carboxylic acids is 4. The van der Waals surface area contributed by atoms with Crippen LogP contribution in [0.4, 0.5) is 0 Å². The molecule has 0 saturated heterocycles. The lowest BCUT2D eigenvalue weighted by molar-refractivity contribution is 0.0903. The van der Waals surface area contributed by atoms with Crippen molar-refractivity contribution in [2.45, 2.75) is 170 Å². The highest BCUT2D eigenvalue weighted by atomic mass is 16.2. The molecule has 0 heterocycles. The first-order chi connectivity index (χ1) is 24.3. The van der Waals surface area contributed by atoms with Gasteiger partial charge < -0.3 is 21.3 Å². The topological polar surface area (TPSA) is 116 Å². The molecule has 0 aliphatic rings. The van der Waals surface area contributed by atoms with E-state index in [0.717, 1.165) is 89.9 Å². The van der Waals surface area contributed by atoms with E-state index in [0.29, 0.717) is 38.0 Å². The second kappa shape index (κ2) is 28.8. The molecule has 8 heteroatoms. The molecular formula is C42H74N4O4. The Morgan fingerprint density at radius 2 is 0.720 bits per heavy atom. The van der Waals surface area contributed by atoms with Crippen LogP contribution in [0.15, 0.2) is 12.1 Å². The zero-order chi connectivity index (χ0) is 37.0. The molecule has 0 saturated carbocycles. The van der Waals surface area contributed by atoms with E-state index in [1.807, 2.05) is 0 Å². The number of carbonyl (C=O) groups is 4. The second-order valence-corrected chi connectivity index (χ2v) is 14.2. The highest BCUT2D eigenvalue weighted by Gasteiger charge is 2.26. The molecule has 8 nitrogen and oxygen atoms in total. The number of rotatable bonds is 30. The van der Waals surface area contributed by atoms with E-state index in [4.69, 9.17) is 0 Å². The molecule has 2 unspecified atom stereocenters. The first-order valence-electron chi connectivity index (χ1n) is 20.6. The summed E-state index contributed by atoms with van der Waals surface area (Å²) in [6, 6.07) is 2.95. The fourth-order valence-corrected chi connectivity index (χ4v) is 6.31. The quantitative estimate of drug-likeness (QED) is 0.0599. The number of hydrogen-bond donors (Lipinski definition) is 4. The summed E-state index contributed by atoms with van der Waals surface area (Å²) in [6.45, 7) is 14.9. The lowest BCUT2D eigenvalue weighted by Crippen LogP contribution is -2.36. The van der Waals surface area contributed by atoms with E-state index in [2.05, 4.69) is 62.8 Å². The maximum Gasteiger partial charge on any atom is 0.252 e. The van der Waals surface area contributed by atoms with Crippen LogP contribution in [-0.2, 0) is 0 Å². The molecule has 1 aromatic carbocycles. The monoisotopic (exact) mass is 699 g/mol. The second-order valence-electron chi connectivity index (χ2n) is 14.2. The van der Waals surface area contributed by atoms with Crippen molar-refractivity contribution in [1.29, 1.82) is 0 Å². The Morgan fingerprint density at radius 3 is 1.04 bits per heavy atom.